The first-order chi connectivity index (χ1) is 18.1. The van der Waals surface area contributed by atoms with Crippen molar-refractivity contribution in [1.29, 1.82) is 5.26 Å². The van der Waals surface area contributed by atoms with Crippen LogP contribution in [-0.2, 0) is 30.7 Å². The van der Waals surface area contributed by atoms with Crippen LogP contribution in [0.25, 0.3) is 16.8 Å². The highest BCUT2D eigenvalue weighted by Crippen LogP contribution is 2.30. The van der Waals surface area contributed by atoms with Crippen LogP contribution in [0.5, 0.6) is 0 Å². The number of benzene rings is 2. The third-order valence-corrected chi connectivity index (χ3v) is 7.61. The zero-order valence-corrected chi connectivity index (χ0v) is 20.9. The van der Waals surface area contributed by atoms with Crippen LogP contribution in [0, 0.1) is 17.1 Å². The van der Waals surface area contributed by atoms with Gasteiger partial charge in [0.1, 0.15) is 11.9 Å². The van der Waals surface area contributed by atoms with Gasteiger partial charge in [0.05, 0.1) is 12.3 Å². The number of methoxy groups -OCH3 is 1. The standard InChI is InChI=1S/C29H29FN6O/c1-37-23-11-12-35(18-23)16-19-5-7-21(8-6-19)25-14-32-29(36-17-22(13-31)34-28(25)36)33-15-26-24-4-2-3-20(24)9-10-27(26)30/h5-10,14,17,23H,2-4,11-12,15-16,18H2,1H3,(H,32,33). The summed E-state index contributed by atoms with van der Waals surface area (Å²) in [6.07, 6.45) is 7.79. The second kappa shape index (κ2) is 9.92. The molecule has 4 aromatic rings. The molecule has 1 saturated heterocycles. The van der Waals surface area contributed by atoms with Crippen molar-refractivity contribution in [3.8, 4) is 17.2 Å². The lowest BCUT2D eigenvalue weighted by molar-refractivity contribution is 0.107. The zero-order chi connectivity index (χ0) is 25.4. The third kappa shape index (κ3) is 4.57. The molecule has 0 bridgehead atoms. The average molecular weight is 497 g/mol. The van der Waals surface area contributed by atoms with E-state index in [-0.39, 0.29) is 5.82 Å². The first-order valence-electron chi connectivity index (χ1n) is 12.8. The fourth-order valence-electron chi connectivity index (χ4n) is 5.62. The van der Waals surface area contributed by atoms with E-state index in [4.69, 9.17) is 4.74 Å². The Bertz CT molecular complexity index is 1490. The van der Waals surface area contributed by atoms with Gasteiger partial charge in [0.15, 0.2) is 11.3 Å². The molecule has 6 rings (SSSR count). The molecule has 0 radical (unpaired) electrons. The van der Waals surface area contributed by atoms with Crippen LogP contribution < -0.4 is 5.32 Å². The van der Waals surface area contributed by atoms with Gasteiger partial charge in [0.25, 0.3) is 0 Å². The van der Waals surface area contributed by atoms with Gasteiger partial charge in [-0.25, -0.2) is 14.4 Å². The lowest BCUT2D eigenvalue weighted by Crippen LogP contribution is -2.22. The number of nitrogens with one attached hydrogen (secondary N) is 1. The minimum absolute atomic E-state index is 0.198. The Morgan fingerprint density at radius 3 is 2.84 bits per heavy atom. The summed E-state index contributed by atoms with van der Waals surface area (Å²) in [5.41, 5.74) is 7.03. The van der Waals surface area contributed by atoms with Crippen molar-refractivity contribution in [2.24, 2.45) is 0 Å². The number of hydrogen-bond acceptors (Lipinski definition) is 6. The second-order valence-corrected chi connectivity index (χ2v) is 9.88. The molecule has 7 nitrogen and oxygen atoms in total. The molecule has 8 heteroatoms. The highest BCUT2D eigenvalue weighted by molar-refractivity contribution is 5.78. The van der Waals surface area contributed by atoms with Crippen molar-refractivity contribution >= 4 is 11.6 Å². The average Bonchev–Trinajstić information content (AvgIpc) is 3.68. The van der Waals surface area contributed by atoms with E-state index in [1.54, 1.807) is 30.0 Å². The van der Waals surface area contributed by atoms with Gasteiger partial charge in [-0.3, -0.25) is 9.30 Å². The lowest BCUT2D eigenvalue weighted by atomic mass is 10.0. The molecular weight excluding hydrogens is 467 g/mol. The number of anilines is 1. The summed E-state index contributed by atoms with van der Waals surface area (Å²) < 4.78 is 21.9. The zero-order valence-electron chi connectivity index (χ0n) is 20.9. The minimum atomic E-state index is -0.198. The molecule has 1 aliphatic heterocycles. The van der Waals surface area contributed by atoms with E-state index in [1.807, 2.05) is 6.07 Å². The predicted molar refractivity (Wildman–Crippen MR) is 140 cm³/mol. The lowest BCUT2D eigenvalue weighted by Gasteiger charge is -2.16. The Labute approximate surface area is 215 Å². The van der Waals surface area contributed by atoms with Crippen LogP contribution in [0.15, 0.2) is 48.8 Å². The van der Waals surface area contributed by atoms with Gasteiger partial charge in [-0.15, -0.1) is 0 Å². The van der Waals surface area contributed by atoms with Crippen LogP contribution in [-0.4, -0.2) is 45.6 Å². The van der Waals surface area contributed by atoms with Gasteiger partial charge in [0.2, 0.25) is 5.95 Å². The van der Waals surface area contributed by atoms with Crippen LogP contribution in [0.4, 0.5) is 10.3 Å². The molecule has 2 aromatic carbocycles. The minimum Gasteiger partial charge on any atom is -0.380 e. The highest BCUT2D eigenvalue weighted by atomic mass is 19.1. The van der Waals surface area contributed by atoms with Gasteiger partial charge < -0.3 is 10.1 Å². The highest BCUT2D eigenvalue weighted by Gasteiger charge is 2.22. The Morgan fingerprint density at radius 1 is 1.19 bits per heavy atom. The van der Waals surface area contributed by atoms with E-state index < -0.39 is 0 Å². The molecule has 0 spiro atoms. The number of nitriles is 1. The number of rotatable bonds is 7. The largest absolute Gasteiger partial charge is 0.380 e. The molecule has 37 heavy (non-hydrogen) atoms. The molecular formula is C29H29FN6O. The van der Waals surface area contributed by atoms with E-state index in [2.05, 4.69) is 50.5 Å². The molecule has 1 unspecified atom stereocenters. The van der Waals surface area contributed by atoms with Crippen molar-refractivity contribution < 1.29 is 9.13 Å². The summed E-state index contributed by atoms with van der Waals surface area (Å²) in [7, 11) is 1.78. The second-order valence-electron chi connectivity index (χ2n) is 9.88. The fraction of sp³-hybridized carbons (Fsp3) is 0.345. The topological polar surface area (TPSA) is 78.5 Å². The molecule has 2 aromatic heterocycles. The van der Waals surface area contributed by atoms with Gasteiger partial charge >= 0.3 is 0 Å². The van der Waals surface area contributed by atoms with Gasteiger partial charge in [-0.2, -0.15) is 5.26 Å². The molecule has 1 aliphatic carbocycles. The molecule has 1 atom stereocenters. The monoisotopic (exact) mass is 496 g/mol. The number of hydrogen-bond donors (Lipinski definition) is 1. The Morgan fingerprint density at radius 2 is 2.05 bits per heavy atom. The number of likely N-dealkylation sites (tertiary alicyclic amines) is 1. The molecule has 0 saturated carbocycles. The van der Waals surface area contributed by atoms with Gasteiger partial charge in [0, 0.05) is 50.6 Å². The van der Waals surface area contributed by atoms with Crippen molar-refractivity contribution in [2.45, 2.75) is 44.9 Å². The molecule has 2 aliphatic rings. The fourth-order valence-corrected chi connectivity index (χ4v) is 5.62. The number of imidazole rings is 1. The van der Waals surface area contributed by atoms with E-state index in [0.29, 0.717) is 35.5 Å². The quantitative estimate of drug-likeness (QED) is 0.399. The first kappa shape index (κ1) is 23.6. The summed E-state index contributed by atoms with van der Waals surface area (Å²) in [4.78, 5) is 11.6. The molecule has 188 valence electrons. The van der Waals surface area contributed by atoms with Crippen LogP contribution in [0.3, 0.4) is 0 Å². The molecule has 1 N–H and O–H groups in total. The maximum Gasteiger partial charge on any atom is 0.208 e. The number of aryl methyl sites for hydroxylation is 1. The SMILES string of the molecule is COC1CCN(Cc2ccc(-c3cnc(NCc4c(F)ccc5c4CCC5)n4cc(C#N)nc34)cc2)C1. The molecule has 1 fully saturated rings. The van der Waals surface area contributed by atoms with Crippen molar-refractivity contribution in [2.75, 3.05) is 25.5 Å². The number of nitrogens with zero attached hydrogens (tertiary/aromatic N) is 5. The summed E-state index contributed by atoms with van der Waals surface area (Å²) in [5, 5.41) is 12.8. The summed E-state index contributed by atoms with van der Waals surface area (Å²) in [6.45, 7) is 3.21. The number of halogens is 1. The van der Waals surface area contributed by atoms with E-state index in [1.165, 1.54) is 11.1 Å². The molecule has 0 amide bonds. The van der Waals surface area contributed by atoms with Crippen LogP contribution in [0.2, 0.25) is 0 Å². The number of fused-ring (bicyclic) bond motifs is 2. The Hall–Kier alpha value is -3.80. The van der Waals surface area contributed by atoms with Crippen molar-refractivity contribution in [3.05, 3.63) is 82.6 Å². The maximum absolute atomic E-state index is 14.7. The van der Waals surface area contributed by atoms with Crippen LogP contribution >= 0.6 is 0 Å². The number of ether oxygens (including phenoxy) is 1. The number of aromatic nitrogens is 3. The normalized spacial score (nSPS) is 17.3. The van der Waals surface area contributed by atoms with E-state index >= 15 is 0 Å². The Balaban J connectivity index is 1.26. The smallest absolute Gasteiger partial charge is 0.208 e. The predicted octanol–water partition coefficient (Wildman–Crippen LogP) is 4.73. The van der Waals surface area contributed by atoms with Crippen LogP contribution in [0.1, 0.15) is 40.8 Å². The summed E-state index contributed by atoms with van der Waals surface area (Å²) in [6, 6.07) is 14.0. The van der Waals surface area contributed by atoms with E-state index in [0.717, 1.165) is 62.0 Å². The van der Waals surface area contributed by atoms with Crippen molar-refractivity contribution in [3.63, 3.8) is 0 Å². The summed E-state index contributed by atoms with van der Waals surface area (Å²) in [5.74, 6) is 0.331. The third-order valence-electron chi connectivity index (χ3n) is 7.61. The molecule has 3 heterocycles. The maximum atomic E-state index is 14.7. The van der Waals surface area contributed by atoms with Crippen molar-refractivity contribution in [1.82, 2.24) is 19.3 Å². The van der Waals surface area contributed by atoms with E-state index in [9.17, 15) is 9.65 Å². The Kier molecular flexibility index (Phi) is 6.33. The van der Waals surface area contributed by atoms with Gasteiger partial charge in [-0.1, -0.05) is 30.3 Å². The first-order valence-corrected chi connectivity index (χ1v) is 12.8. The summed E-state index contributed by atoms with van der Waals surface area (Å²) >= 11 is 0. The van der Waals surface area contributed by atoms with Gasteiger partial charge in [-0.05, 0) is 54.0 Å².